The number of fused-ring (bicyclic) bond motifs is 1. The lowest BCUT2D eigenvalue weighted by molar-refractivity contribution is -0.393. The number of aliphatic hydroxyl groups excluding tert-OH is 1. The van der Waals surface area contributed by atoms with Crippen molar-refractivity contribution in [3.63, 3.8) is 0 Å². The lowest BCUT2D eigenvalue weighted by atomic mass is 10.1. The molecular weight excluding hydrogens is 414 g/mol. The smallest absolute Gasteiger partial charge is 0.305 e. The third kappa shape index (κ3) is 4.50. The van der Waals surface area contributed by atoms with E-state index in [1.807, 2.05) is 24.3 Å². The van der Waals surface area contributed by atoms with E-state index in [-0.39, 0.29) is 17.3 Å². The normalized spacial score (nSPS) is 11.1. The van der Waals surface area contributed by atoms with Crippen LogP contribution in [0, 0.1) is 20.2 Å². The van der Waals surface area contributed by atoms with Gasteiger partial charge in [-0.3, -0.25) is 20.2 Å². The molecule has 154 valence electrons. The van der Waals surface area contributed by atoms with Gasteiger partial charge in [0.15, 0.2) is 5.69 Å². The summed E-state index contributed by atoms with van der Waals surface area (Å²) in [7, 11) is 0. The summed E-state index contributed by atoms with van der Waals surface area (Å²) < 4.78 is 0. The van der Waals surface area contributed by atoms with E-state index < -0.39 is 21.2 Å². The third-order valence-electron chi connectivity index (χ3n) is 4.24. The molecule has 10 nitrogen and oxygen atoms in total. The molecule has 3 aromatic carbocycles. The topological polar surface area (TPSA) is 143 Å². The lowest BCUT2D eigenvalue weighted by Crippen LogP contribution is -2.03. The van der Waals surface area contributed by atoms with Crippen molar-refractivity contribution >= 4 is 50.8 Å². The van der Waals surface area contributed by atoms with Gasteiger partial charge in [0.2, 0.25) is 0 Å². The van der Waals surface area contributed by atoms with Gasteiger partial charge in [0, 0.05) is 35.7 Å². The molecule has 0 spiro atoms. The van der Waals surface area contributed by atoms with Gasteiger partial charge in [-0.2, -0.15) is 0 Å². The molecule has 3 aromatic rings. The average molecular weight is 430 g/mol. The molecular formula is C19H16ClN5O5. The van der Waals surface area contributed by atoms with Crippen molar-refractivity contribution in [3.8, 4) is 0 Å². The summed E-state index contributed by atoms with van der Waals surface area (Å²) in [5.41, 5.74) is -0.0835. The molecule has 0 aliphatic heterocycles. The standard InChI is InChI=1S/C19H16ClN5O5/c20-15-10-12(24(27)28)11-18(25(29)30)19(15)23-22-17-7-6-16(21-8-3-9-26)13-4-1-2-5-14(13)17/h1-2,4-7,10-11,21,26H,3,8-9H2. The molecule has 0 aliphatic carbocycles. The number of hydrogen-bond donors (Lipinski definition) is 2. The quantitative estimate of drug-likeness (QED) is 0.209. The Kier molecular flexibility index (Phi) is 6.50. The molecule has 0 saturated heterocycles. The largest absolute Gasteiger partial charge is 0.396 e. The van der Waals surface area contributed by atoms with Gasteiger partial charge in [-0.1, -0.05) is 35.9 Å². The zero-order chi connectivity index (χ0) is 21.7. The second-order valence-electron chi connectivity index (χ2n) is 6.19. The number of rotatable bonds is 8. The van der Waals surface area contributed by atoms with Crippen molar-refractivity contribution in [2.75, 3.05) is 18.5 Å². The predicted octanol–water partition coefficient (Wildman–Crippen LogP) is 5.52. The molecule has 0 amide bonds. The Morgan fingerprint density at radius 2 is 1.73 bits per heavy atom. The minimum Gasteiger partial charge on any atom is -0.396 e. The number of nitrogens with one attached hydrogen (secondary N) is 1. The first kappa shape index (κ1) is 21.1. The van der Waals surface area contributed by atoms with Crippen molar-refractivity contribution < 1.29 is 15.0 Å². The Morgan fingerprint density at radius 3 is 2.40 bits per heavy atom. The maximum Gasteiger partial charge on any atom is 0.305 e. The van der Waals surface area contributed by atoms with Gasteiger partial charge in [0.25, 0.3) is 5.69 Å². The van der Waals surface area contributed by atoms with Gasteiger partial charge in [-0.05, 0) is 18.6 Å². The number of hydrogen-bond acceptors (Lipinski definition) is 8. The molecule has 0 heterocycles. The lowest BCUT2D eigenvalue weighted by Gasteiger charge is -2.10. The summed E-state index contributed by atoms with van der Waals surface area (Å²) in [6, 6.07) is 12.7. The van der Waals surface area contributed by atoms with Gasteiger partial charge < -0.3 is 10.4 Å². The van der Waals surface area contributed by atoms with Crippen molar-refractivity contribution in [2.24, 2.45) is 10.2 Å². The van der Waals surface area contributed by atoms with E-state index in [0.717, 1.165) is 28.6 Å². The Hall–Kier alpha value is -3.63. The minimum absolute atomic E-state index is 0.0754. The van der Waals surface area contributed by atoms with Gasteiger partial charge in [-0.15, -0.1) is 10.2 Å². The number of aliphatic hydroxyl groups is 1. The van der Waals surface area contributed by atoms with E-state index >= 15 is 0 Å². The van der Waals surface area contributed by atoms with Crippen LogP contribution in [0.4, 0.5) is 28.4 Å². The Bertz CT molecular complexity index is 1150. The first-order valence-electron chi connectivity index (χ1n) is 8.83. The maximum atomic E-state index is 11.3. The van der Waals surface area contributed by atoms with Crippen molar-refractivity contribution in [1.29, 1.82) is 0 Å². The minimum atomic E-state index is -0.792. The van der Waals surface area contributed by atoms with E-state index in [2.05, 4.69) is 15.5 Å². The summed E-state index contributed by atoms with van der Waals surface area (Å²) in [4.78, 5) is 20.7. The maximum absolute atomic E-state index is 11.3. The monoisotopic (exact) mass is 429 g/mol. The first-order chi connectivity index (χ1) is 14.4. The van der Waals surface area contributed by atoms with Crippen LogP contribution in [0.15, 0.2) is 58.8 Å². The highest BCUT2D eigenvalue weighted by atomic mass is 35.5. The van der Waals surface area contributed by atoms with Crippen LogP contribution in [0.1, 0.15) is 6.42 Å². The molecule has 0 fully saturated rings. The number of nitro groups is 2. The van der Waals surface area contributed by atoms with E-state index in [0.29, 0.717) is 18.7 Å². The fourth-order valence-corrected chi connectivity index (χ4v) is 3.09. The van der Waals surface area contributed by atoms with Crippen LogP contribution in [0.2, 0.25) is 5.02 Å². The summed E-state index contributed by atoms with van der Waals surface area (Å²) >= 11 is 6.01. The summed E-state index contributed by atoms with van der Waals surface area (Å²) in [6.45, 7) is 0.665. The molecule has 0 aromatic heterocycles. The third-order valence-corrected chi connectivity index (χ3v) is 4.53. The number of anilines is 1. The van der Waals surface area contributed by atoms with E-state index in [1.54, 1.807) is 12.1 Å². The van der Waals surface area contributed by atoms with Crippen LogP contribution in [0.25, 0.3) is 10.8 Å². The second-order valence-corrected chi connectivity index (χ2v) is 6.60. The average Bonchev–Trinajstić information content (AvgIpc) is 2.73. The number of azo groups is 1. The highest BCUT2D eigenvalue weighted by Crippen LogP contribution is 2.40. The number of nitrogens with zero attached hydrogens (tertiary/aromatic N) is 4. The van der Waals surface area contributed by atoms with Crippen LogP contribution < -0.4 is 5.32 Å². The summed E-state index contributed by atoms with van der Waals surface area (Å²) in [6.07, 6.45) is 0.595. The fourth-order valence-electron chi connectivity index (χ4n) is 2.84. The number of halogens is 1. The molecule has 11 heteroatoms. The molecule has 0 radical (unpaired) electrons. The van der Waals surface area contributed by atoms with Gasteiger partial charge in [0.1, 0.15) is 0 Å². The number of non-ortho nitro benzene ring substituents is 1. The Morgan fingerprint density at radius 1 is 1.00 bits per heavy atom. The zero-order valence-corrected chi connectivity index (χ0v) is 16.2. The molecule has 3 rings (SSSR count). The second kappa shape index (κ2) is 9.25. The Balaban J connectivity index is 2.04. The van der Waals surface area contributed by atoms with Gasteiger partial charge in [-0.25, -0.2) is 0 Å². The SMILES string of the molecule is O=[N+]([O-])c1cc(Cl)c(N=Nc2ccc(NCCCO)c3ccccc23)c([N+](=O)[O-])c1. The van der Waals surface area contributed by atoms with Gasteiger partial charge >= 0.3 is 5.69 Å². The Labute approximate surface area is 175 Å². The zero-order valence-electron chi connectivity index (χ0n) is 15.5. The highest BCUT2D eigenvalue weighted by Gasteiger charge is 2.23. The van der Waals surface area contributed by atoms with Crippen LogP contribution in [0.5, 0.6) is 0 Å². The summed E-state index contributed by atoms with van der Waals surface area (Å²) in [5, 5.41) is 43.9. The summed E-state index contributed by atoms with van der Waals surface area (Å²) in [5.74, 6) is 0. The van der Waals surface area contributed by atoms with E-state index in [4.69, 9.17) is 16.7 Å². The molecule has 0 saturated carbocycles. The van der Waals surface area contributed by atoms with E-state index in [1.165, 1.54) is 0 Å². The highest BCUT2D eigenvalue weighted by molar-refractivity contribution is 6.33. The molecule has 0 bridgehead atoms. The molecule has 0 atom stereocenters. The van der Waals surface area contributed by atoms with Crippen molar-refractivity contribution in [3.05, 3.63) is 73.8 Å². The van der Waals surface area contributed by atoms with Crippen LogP contribution in [-0.4, -0.2) is 28.1 Å². The molecule has 2 N–H and O–H groups in total. The predicted molar refractivity (Wildman–Crippen MR) is 113 cm³/mol. The first-order valence-corrected chi connectivity index (χ1v) is 9.20. The van der Waals surface area contributed by atoms with Crippen LogP contribution in [0.3, 0.4) is 0 Å². The number of nitro benzene ring substituents is 2. The molecule has 0 unspecified atom stereocenters. The van der Waals surface area contributed by atoms with Crippen molar-refractivity contribution in [2.45, 2.75) is 6.42 Å². The van der Waals surface area contributed by atoms with Crippen LogP contribution >= 0.6 is 11.6 Å². The van der Waals surface area contributed by atoms with Gasteiger partial charge in [0.05, 0.1) is 26.6 Å². The molecule has 0 aliphatic rings. The fraction of sp³-hybridized carbons (Fsp3) is 0.158. The van der Waals surface area contributed by atoms with E-state index in [9.17, 15) is 20.2 Å². The molecule has 30 heavy (non-hydrogen) atoms. The van der Waals surface area contributed by atoms with Crippen LogP contribution in [-0.2, 0) is 0 Å². The van der Waals surface area contributed by atoms with Crippen molar-refractivity contribution in [1.82, 2.24) is 0 Å². The number of benzene rings is 3.